The van der Waals surface area contributed by atoms with Crippen LogP contribution in [0.4, 0.5) is 17.1 Å². The number of rotatable bonds is 5. The third-order valence-corrected chi connectivity index (χ3v) is 9.47. The molecule has 0 radical (unpaired) electrons. The lowest BCUT2D eigenvalue weighted by Crippen LogP contribution is -2.09. The van der Waals surface area contributed by atoms with E-state index in [4.69, 9.17) is 13.8 Å². The second kappa shape index (κ2) is 11.0. The van der Waals surface area contributed by atoms with Gasteiger partial charge in [-0.3, -0.25) is 0 Å². The van der Waals surface area contributed by atoms with Gasteiger partial charge in [0.25, 0.3) is 0 Å². The van der Waals surface area contributed by atoms with Gasteiger partial charge in [-0.25, -0.2) is 4.98 Å². The van der Waals surface area contributed by atoms with Crippen molar-refractivity contribution >= 4 is 71.6 Å². The number of furan rings is 1. The van der Waals surface area contributed by atoms with Crippen molar-refractivity contribution in [1.29, 1.82) is 0 Å². The second-order valence-corrected chi connectivity index (χ2v) is 12.4. The number of nitrogens with zero attached hydrogens (tertiary/aromatic N) is 2. The molecule has 0 fully saturated rings. The monoisotopic (exact) mass is 628 g/mol. The molecule has 4 heteroatoms. The van der Waals surface area contributed by atoms with Crippen LogP contribution < -0.4 is 4.90 Å². The number of oxazole rings is 1. The number of hydrogen-bond acceptors (Lipinski definition) is 4. The van der Waals surface area contributed by atoms with Gasteiger partial charge in [-0.05, 0) is 87.3 Å². The molecule has 0 aliphatic carbocycles. The fraction of sp³-hybridized carbons (Fsp3) is 0. The molecule has 0 bridgehead atoms. The fourth-order valence-electron chi connectivity index (χ4n) is 7.04. The van der Waals surface area contributed by atoms with Crippen molar-refractivity contribution in [1.82, 2.24) is 4.98 Å². The molecular formula is C45H28N2O2. The molecule has 0 saturated carbocycles. The first-order valence-corrected chi connectivity index (χ1v) is 16.4. The number of fused-ring (bicyclic) bond motifs is 7. The van der Waals surface area contributed by atoms with Crippen LogP contribution in [0.5, 0.6) is 0 Å². The van der Waals surface area contributed by atoms with Crippen LogP contribution in [0.1, 0.15) is 0 Å². The number of hydrogen-bond donors (Lipinski definition) is 0. The van der Waals surface area contributed by atoms with Gasteiger partial charge >= 0.3 is 0 Å². The summed E-state index contributed by atoms with van der Waals surface area (Å²) in [6.45, 7) is 0. The topological polar surface area (TPSA) is 42.4 Å². The minimum atomic E-state index is 0.604. The molecule has 0 spiro atoms. The van der Waals surface area contributed by atoms with Crippen molar-refractivity contribution in [2.75, 3.05) is 4.90 Å². The van der Waals surface area contributed by atoms with Crippen LogP contribution in [0.2, 0.25) is 0 Å². The zero-order valence-corrected chi connectivity index (χ0v) is 26.4. The SMILES string of the molecule is c1ccc(-c2ccc(N(c3ccc4c(c3)oc3cc5nc(-c6ccccc6)oc5cc34)c3ccc4ccc5ccccc5c4c3)cc2)cc1. The predicted molar refractivity (Wildman–Crippen MR) is 202 cm³/mol. The molecule has 10 aromatic rings. The fourth-order valence-corrected chi connectivity index (χ4v) is 7.04. The Morgan fingerprint density at radius 2 is 0.980 bits per heavy atom. The maximum Gasteiger partial charge on any atom is 0.227 e. The summed E-state index contributed by atoms with van der Waals surface area (Å²) in [6.07, 6.45) is 0. The Morgan fingerprint density at radius 1 is 0.367 bits per heavy atom. The van der Waals surface area contributed by atoms with Gasteiger partial charge in [0.1, 0.15) is 16.7 Å². The van der Waals surface area contributed by atoms with E-state index < -0.39 is 0 Å². The normalized spacial score (nSPS) is 11.7. The molecule has 4 nitrogen and oxygen atoms in total. The zero-order valence-electron chi connectivity index (χ0n) is 26.4. The zero-order chi connectivity index (χ0) is 32.3. The van der Waals surface area contributed by atoms with Crippen LogP contribution in [0.15, 0.2) is 179 Å². The van der Waals surface area contributed by atoms with Crippen LogP contribution in [0.3, 0.4) is 0 Å². The van der Waals surface area contributed by atoms with Crippen molar-refractivity contribution in [2.24, 2.45) is 0 Å². The van der Waals surface area contributed by atoms with E-state index >= 15 is 0 Å². The highest BCUT2D eigenvalue weighted by atomic mass is 16.4. The summed E-state index contributed by atoms with van der Waals surface area (Å²) >= 11 is 0. The van der Waals surface area contributed by atoms with Gasteiger partial charge in [0.05, 0.1) is 0 Å². The average molecular weight is 629 g/mol. The lowest BCUT2D eigenvalue weighted by atomic mass is 10.0. The lowest BCUT2D eigenvalue weighted by Gasteiger charge is -2.26. The van der Waals surface area contributed by atoms with Crippen molar-refractivity contribution in [2.45, 2.75) is 0 Å². The largest absolute Gasteiger partial charge is 0.456 e. The Balaban J connectivity index is 1.12. The summed E-state index contributed by atoms with van der Waals surface area (Å²) in [5.41, 5.74) is 9.55. The van der Waals surface area contributed by atoms with E-state index in [1.165, 1.54) is 32.7 Å². The molecule has 49 heavy (non-hydrogen) atoms. The molecule has 0 saturated heterocycles. The molecule has 2 heterocycles. The number of benzene rings is 8. The minimum absolute atomic E-state index is 0.604. The van der Waals surface area contributed by atoms with Crippen LogP contribution in [-0.2, 0) is 0 Å². The van der Waals surface area contributed by atoms with Gasteiger partial charge in [0, 0.05) is 45.5 Å². The lowest BCUT2D eigenvalue weighted by molar-refractivity contribution is 0.620. The Morgan fingerprint density at radius 3 is 1.80 bits per heavy atom. The van der Waals surface area contributed by atoms with Crippen LogP contribution in [-0.4, -0.2) is 4.98 Å². The summed E-state index contributed by atoms with van der Waals surface area (Å²) in [5, 5.41) is 6.93. The maximum atomic E-state index is 6.53. The maximum absolute atomic E-state index is 6.53. The third-order valence-electron chi connectivity index (χ3n) is 9.47. The molecule has 8 aromatic carbocycles. The molecule has 2 aromatic heterocycles. The van der Waals surface area contributed by atoms with Crippen molar-refractivity contribution in [3.63, 3.8) is 0 Å². The average Bonchev–Trinajstić information content (AvgIpc) is 3.75. The van der Waals surface area contributed by atoms with E-state index in [0.717, 1.165) is 55.7 Å². The molecule has 0 aliphatic heterocycles. The van der Waals surface area contributed by atoms with Crippen LogP contribution in [0.25, 0.3) is 77.2 Å². The quantitative estimate of drug-likeness (QED) is 0.178. The molecule has 0 aliphatic rings. The standard InChI is InChI=1S/C45H28N2O2/c1-3-9-29(10-4-1)30-17-20-34(21-18-30)47(35-22-19-32-16-15-31-11-7-8-14-37(31)39(32)25-35)36-23-24-38-40-27-44-41(28-43(40)48-42(38)26-36)46-45(49-44)33-12-5-2-6-13-33/h1-28H. The molecule has 230 valence electrons. The first-order chi connectivity index (χ1) is 24.2. The Bertz CT molecular complexity index is 2820. The smallest absolute Gasteiger partial charge is 0.227 e. The van der Waals surface area contributed by atoms with Crippen molar-refractivity contribution < 1.29 is 8.83 Å². The molecular weight excluding hydrogens is 601 g/mol. The number of aromatic nitrogens is 1. The number of anilines is 3. The highest BCUT2D eigenvalue weighted by Gasteiger charge is 2.18. The third kappa shape index (κ3) is 4.65. The van der Waals surface area contributed by atoms with E-state index in [1.807, 2.05) is 48.5 Å². The predicted octanol–water partition coefficient (Wildman–Crippen LogP) is 12.8. The van der Waals surface area contributed by atoms with Gasteiger partial charge < -0.3 is 13.7 Å². The summed E-state index contributed by atoms with van der Waals surface area (Å²) in [4.78, 5) is 7.08. The van der Waals surface area contributed by atoms with E-state index in [-0.39, 0.29) is 0 Å². The summed E-state index contributed by atoms with van der Waals surface area (Å²) < 4.78 is 12.7. The molecule has 10 rings (SSSR count). The summed E-state index contributed by atoms with van der Waals surface area (Å²) in [5.74, 6) is 0.604. The molecule has 0 N–H and O–H groups in total. The highest BCUT2D eigenvalue weighted by Crippen LogP contribution is 2.41. The molecule has 0 amide bonds. The van der Waals surface area contributed by atoms with Gasteiger partial charge in [0.2, 0.25) is 5.89 Å². The summed E-state index contributed by atoms with van der Waals surface area (Å²) in [7, 11) is 0. The van der Waals surface area contributed by atoms with E-state index in [1.54, 1.807) is 0 Å². The summed E-state index contributed by atoms with van der Waals surface area (Å²) in [6, 6.07) is 59.4. The first kappa shape index (κ1) is 27.5. The molecule has 0 atom stereocenters. The Hall–Kier alpha value is -6.65. The first-order valence-electron chi connectivity index (χ1n) is 16.4. The Labute approximate surface area is 282 Å². The van der Waals surface area contributed by atoms with E-state index in [2.05, 4.69) is 126 Å². The van der Waals surface area contributed by atoms with Crippen LogP contribution >= 0.6 is 0 Å². The minimum Gasteiger partial charge on any atom is -0.456 e. The van der Waals surface area contributed by atoms with E-state index in [9.17, 15) is 0 Å². The van der Waals surface area contributed by atoms with Crippen molar-refractivity contribution in [3.05, 3.63) is 170 Å². The van der Waals surface area contributed by atoms with Gasteiger partial charge in [0.15, 0.2) is 5.58 Å². The van der Waals surface area contributed by atoms with Crippen LogP contribution in [0, 0.1) is 0 Å². The van der Waals surface area contributed by atoms with Gasteiger partial charge in [-0.15, -0.1) is 0 Å². The second-order valence-electron chi connectivity index (χ2n) is 12.4. The van der Waals surface area contributed by atoms with E-state index in [0.29, 0.717) is 5.89 Å². The van der Waals surface area contributed by atoms with Gasteiger partial charge in [-0.2, -0.15) is 0 Å². The highest BCUT2D eigenvalue weighted by molar-refractivity contribution is 6.11. The Kier molecular flexibility index (Phi) is 6.15. The van der Waals surface area contributed by atoms with Crippen molar-refractivity contribution in [3.8, 4) is 22.6 Å². The molecule has 0 unspecified atom stereocenters. The van der Waals surface area contributed by atoms with Gasteiger partial charge in [-0.1, -0.05) is 103 Å².